The van der Waals surface area contributed by atoms with Crippen LogP contribution in [0.25, 0.3) is 0 Å². The van der Waals surface area contributed by atoms with Gasteiger partial charge in [0.15, 0.2) is 0 Å². The van der Waals surface area contributed by atoms with E-state index in [2.05, 4.69) is 10.6 Å². The van der Waals surface area contributed by atoms with Crippen molar-refractivity contribution in [2.24, 2.45) is 0 Å². The number of ether oxygens (including phenoxy) is 1. The molecule has 0 aliphatic rings. The number of nitrogens with zero attached hydrogens (tertiary/aromatic N) is 1. The minimum absolute atomic E-state index is 0. The molecule has 0 aliphatic carbocycles. The highest BCUT2D eigenvalue weighted by molar-refractivity contribution is 5.97. The summed E-state index contributed by atoms with van der Waals surface area (Å²) in [7, 11) is 3.98. The van der Waals surface area contributed by atoms with E-state index in [1.165, 1.54) is 0 Å². The van der Waals surface area contributed by atoms with Crippen LogP contribution in [-0.4, -0.2) is 67.8 Å². The topological polar surface area (TPSA) is 90.9 Å². The molecule has 3 N–H and O–H groups in total. The van der Waals surface area contributed by atoms with E-state index in [0.717, 1.165) is 23.4 Å². The van der Waals surface area contributed by atoms with Crippen LogP contribution in [0.5, 0.6) is 5.75 Å². The molecule has 0 fully saturated rings. The molecule has 2 atom stereocenters. The van der Waals surface area contributed by atoms with E-state index >= 15 is 0 Å². The van der Waals surface area contributed by atoms with E-state index in [0.29, 0.717) is 25.0 Å². The second-order valence-electron chi connectivity index (χ2n) is 8.97. The zero-order valence-electron chi connectivity index (χ0n) is 21.3. The van der Waals surface area contributed by atoms with E-state index in [4.69, 9.17) is 4.74 Å². The number of carbonyl (C=O) groups is 2. The van der Waals surface area contributed by atoms with Gasteiger partial charge in [0.2, 0.25) is 5.91 Å². The zero-order valence-corrected chi connectivity index (χ0v) is 22.1. The van der Waals surface area contributed by atoms with Crippen molar-refractivity contribution in [2.45, 2.75) is 24.9 Å². The highest BCUT2D eigenvalue weighted by Crippen LogP contribution is 2.14. The molecule has 7 nitrogen and oxygen atoms in total. The molecule has 0 bridgehead atoms. The summed E-state index contributed by atoms with van der Waals surface area (Å²) in [5.41, 5.74) is 2.36. The molecule has 0 saturated carbocycles. The van der Waals surface area contributed by atoms with Gasteiger partial charge >= 0.3 is 0 Å². The van der Waals surface area contributed by atoms with Gasteiger partial charge in [-0.1, -0.05) is 60.7 Å². The SMILES string of the molecule is CN(C)CCOc1ccc(C[C@H](NC(=O)c2ccccc2)C(=O)N[C@H](CO)Cc2ccccc2)cc1.Cl. The number of benzene rings is 3. The molecule has 3 aromatic carbocycles. The van der Waals surface area contributed by atoms with Crippen LogP contribution in [0, 0.1) is 0 Å². The second kappa shape index (κ2) is 15.7. The smallest absolute Gasteiger partial charge is 0.251 e. The lowest BCUT2D eigenvalue weighted by Crippen LogP contribution is -2.52. The first-order valence-electron chi connectivity index (χ1n) is 12.1. The van der Waals surface area contributed by atoms with Crippen molar-refractivity contribution in [1.82, 2.24) is 15.5 Å². The van der Waals surface area contributed by atoms with E-state index in [1.54, 1.807) is 24.3 Å². The van der Waals surface area contributed by atoms with Gasteiger partial charge in [0.05, 0.1) is 12.6 Å². The molecule has 0 radical (unpaired) electrons. The molecule has 198 valence electrons. The average molecular weight is 526 g/mol. The second-order valence-corrected chi connectivity index (χ2v) is 8.97. The lowest BCUT2D eigenvalue weighted by Gasteiger charge is -2.23. The molecule has 0 heterocycles. The molecular weight excluding hydrogens is 490 g/mol. The monoisotopic (exact) mass is 525 g/mol. The van der Waals surface area contributed by atoms with Gasteiger partial charge < -0.3 is 25.4 Å². The summed E-state index contributed by atoms with van der Waals surface area (Å²) in [5, 5.41) is 15.7. The number of hydrogen-bond donors (Lipinski definition) is 3. The van der Waals surface area contributed by atoms with Crippen molar-refractivity contribution in [3.8, 4) is 5.75 Å². The average Bonchev–Trinajstić information content (AvgIpc) is 2.89. The third-order valence-corrected chi connectivity index (χ3v) is 5.72. The van der Waals surface area contributed by atoms with Crippen LogP contribution in [0.1, 0.15) is 21.5 Å². The predicted molar refractivity (Wildman–Crippen MR) is 148 cm³/mol. The lowest BCUT2D eigenvalue weighted by molar-refractivity contribution is -0.124. The van der Waals surface area contributed by atoms with E-state index in [-0.39, 0.29) is 30.8 Å². The van der Waals surface area contributed by atoms with Gasteiger partial charge in [-0.25, -0.2) is 0 Å². The number of aliphatic hydroxyl groups excluding tert-OH is 1. The molecule has 0 aliphatic heterocycles. The van der Waals surface area contributed by atoms with Crippen molar-refractivity contribution in [1.29, 1.82) is 0 Å². The van der Waals surface area contributed by atoms with E-state index < -0.39 is 12.1 Å². The Hall–Kier alpha value is -3.39. The molecule has 0 saturated heterocycles. The van der Waals surface area contributed by atoms with Crippen LogP contribution in [0.3, 0.4) is 0 Å². The summed E-state index contributed by atoms with van der Waals surface area (Å²) in [5.74, 6) is 0.0710. The van der Waals surface area contributed by atoms with Crippen LogP contribution < -0.4 is 15.4 Å². The van der Waals surface area contributed by atoms with Crippen LogP contribution in [0.4, 0.5) is 0 Å². The summed E-state index contributed by atoms with van der Waals surface area (Å²) < 4.78 is 5.75. The Kier molecular flexibility index (Phi) is 12.6. The van der Waals surface area contributed by atoms with Gasteiger partial charge in [0.25, 0.3) is 5.91 Å². The maximum atomic E-state index is 13.3. The Balaban J connectivity index is 0.00000481. The Bertz CT molecular complexity index is 1080. The van der Waals surface area contributed by atoms with Crippen molar-refractivity contribution in [2.75, 3.05) is 33.9 Å². The quantitative estimate of drug-likeness (QED) is 0.319. The van der Waals surface area contributed by atoms with E-state index in [9.17, 15) is 14.7 Å². The van der Waals surface area contributed by atoms with Crippen molar-refractivity contribution in [3.05, 3.63) is 102 Å². The summed E-state index contributed by atoms with van der Waals surface area (Å²) in [4.78, 5) is 28.2. The van der Waals surface area contributed by atoms with Gasteiger partial charge in [-0.05, 0) is 55.9 Å². The first-order valence-corrected chi connectivity index (χ1v) is 12.1. The minimum atomic E-state index is -0.817. The highest BCUT2D eigenvalue weighted by atomic mass is 35.5. The first-order chi connectivity index (χ1) is 17.4. The highest BCUT2D eigenvalue weighted by Gasteiger charge is 2.24. The maximum absolute atomic E-state index is 13.3. The Labute approximate surface area is 225 Å². The van der Waals surface area contributed by atoms with Gasteiger partial charge in [0.1, 0.15) is 18.4 Å². The normalized spacial score (nSPS) is 12.2. The number of amides is 2. The third-order valence-electron chi connectivity index (χ3n) is 5.72. The summed E-state index contributed by atoms with van der Waals surface area (Å²) in [6.45, 7) is 1.18. The Morgan fingerprint density at radius 3 is 2.03 bits per heavy atom. The largest absolute Gasteiger partial charge is 0.492 e. The van der Waals surface area contributed by atoms with Crippen LogP contribution >= 0.6 is 12.4 Å². The standard InChI is InChI=1S/C29H35N3O4.ClH/c1-32(2)17-18-36-26-15-13-23(14-16-26)20-27(31-28(34)24-11-7-4-8-12-24)29(35)30-25(21-33)19-22-9-5-3-6-10-22;/h3-16,25,27,33H,17-21H2,1-2H3,(H,30,35)(H,31,34);1H/t25-,27-;/m0./s1. The summed E-state index contributed by atoms with van der Waals surface area (Å²) >= 11 is 0. The number of likely N-dealkylation sites (N-methyl/N-ethyl adjacent to an activating group) is 1. The van der Waals surface area contributed by atoms with Gasteiger partial charge in [0, 0.05) is 18.5 Å². The number of nitrogens with one attached hydrogen (secondary N) is 2. The van der Waals surface area contributed by atoms with E-state index in [1.807, 2.05) is 79.7 Å². The Morgan fingerprint density at radius 1 is 0.838 bits per heavy atom. The molecular formula is C29H36ClN3O4. The Morgan fingerprint density at radius 2 is 1.43 bits per heavy atom. The summed E-state index contributed by atoms with van der Waals surface area (Å²) in [6.07, 6.45) is 0.785. The van der Waals surface area contributed by atoms with Crippen LogP contribution in [-0.2, 0) is 17.6 Å². The molecule has 2 amide bonds. The van der Waals surface area contributed by atoms with Gasteiger partial charge in [-0.2, -0.15) is 0 Å². The molecule has 37 heavy (non-hydrogen) atoms. The number of hydrogen-bond acceptors (Lipinski definition) is 5. The number of rotatable bonds is 13. The molecule has 3 rings (SSSR count). The maximum Gasteiger partial charge on any atom is 0.251 e. The fraction of sp³-hybridized carbons (Fsp3) is 0.310. The molecule has 8 heteroatoms. The zero-order chi connectivity index (χ0) is 25.8. The van der Waals surface area contributed by atoms with Gasteiger partial charge in [-0.15, -0.1) is 12.4 Å². The first kappa shape index (κ1) is 29.8. The molecule has 0 unspecified atom stereocenters. The fourth-order valence-electron chi connectivity index (χ4n) is 3.71. The number of aliphatic hydroxyl groups is 1. The molecule has 3 aromatic rings. The lowest BCUT2D eigenvalue weighted by atomic mass is 10.0. The van der Waals surface area contributed by atoms with Gasteiger partial charge in [-0.3, -0.25) is 9.59 Å². The van der Waals surface area contributed by atoms with Crippen LogP contribution in [0.2, 0.25) is 0 Å². The van der Waals surface area contributed by atoms with Crippen molar-refractivity contribution < 1.29 is 19.4 Å². The van der Waals surface area contributed by atoms with Crippen molar-refractivity contribution >= 4 is 24.2 Å². The van der Waals surface area contributed by atoms with Crippen LogP contribution in [0.15, 0.2) is 84.9 Å². The van der Waals surface area contributed by atoms with Crippen molar-refractivity contribution in [3.63, 3.8) is 0 Å². The third kappa shape index (κ3) is 10.2. The fourth-order valence-corrected chi connectivity index (χ4v) is 3.71. The number of carbonyl (C=O) groups excluding carboxylic acids is 2. The number of halogens is 1. The molecule has 0 aromatic heterocycles. The molecule has 0 spiro atoms. The predicted octanol–water partition coefficient (Wildman–Crippen LogP) is 3.11. The summed E-state index contributed by atoms with van der Waals surface area (Å²) in [6, 6.07) is 24.7. The minimum Gasteiger partial charge on any atom is -0.492 e.